The van der Waals surface area contributed by atoms with Crippen molar-refractivity contribution in [2.75, 3.05) is 20.2 Å². The van der Waals surface area contributed by atoms with Gasteiger partial charge in [0.05, 0.1) is 7.11 Å². The Bertz CT molecular complexity index is 441. The molecule has 0 amide bonds. The van der Waals surface area contributed by atoms with Gasteiger partial charge < -0.3 is 4.74 Å². The van der Waals surface area contributed by atoms with Crippen LogP contribution in [0.4, 0.5) is 0 Å². The molecule has 0 spiro atoms. The number of hydrogen-bond acceptors (Lipinski definition) is 2. The van der Waals surface area contributed by atoms with Crippen molar-refractivity contribution in [3.8, 4) is 5.75 Å². The summed E-state index contributed by atoms with van der Waals surface area (Å²) in [5.74, 6) is 1.94. The third kappa shape index (κ3) is 2.38. The summed E-state index contributed by atoms with van der Waals surface area (Å²) in [6.07, 6.45) is 6.46. The largest absolute Gasteiger partial charge is 0.496 e. The number of methoxy groups -OCH3 is 1. The number of fused-ring (bicyclic) bond motifs is 2. The van der Waals surface area contributed by atoms with E-state index in [9.17, 15) is 0 Å². The molecule has 0 saturated carbocycles. The number of hydrogen-bond donors (Lipinski definition) is 0. The Morgan fingerprint density at radius 3 is 3.00 bits per heavy atom. The molecule has 19 heavy (non-hydrogen) atoms. The van der Waals surface area contributed by atoms with E-state index in [0.29, 0.717) is 0 Å². The van der Waals surface area contributed by atoms with Crippen LogP contribution >= 0.6 is 0 Å². The van der Waals surface area contributed by atoms with Crippen LogP contribution in [-0.4, -0.2) is 31.1 Å². The van der Waals surface area contributed by atoms with Gasteiger partial charge in [-0.15, -0.1) is 0 Å². The lowest BCUT2D eigenvalue weighted by molar-refractivity contribution is 0.0849. The van der Waals surface area contributed by atoms with Crippen LogP contribution in [0.25, 0.3) is 0 Å². The second-order valence-electron chi connectivity index (χ2n) is 6.01. The Balaban J connectivity index is 1.88. The maximum absolute atomic E-state index is 5.55. The van der Waals surface area contributed by atoms with Gasteiger partial charge in [-0.3, -0.25) is 4.90 Å². The molecule has 104 valence electrons. The van der Waals surface area contributed by atoms with Crippen LogP contribution < -0.4 is 4.74 Å². The number of piperidine rings is 1. The lowest BCUT2D eigenvalue weighted by Crippen LogP contribution is -2.49. The predicted octanol–water partition coefficient (Wildman–Crippen LogP) is 3.28. The second-order valence-corrected chi connectivity index (χ2v) is 6.01. The summed E-state index contributed by atoms with van der Waals surface area (Å²) >= 11 is 0. The molecular formula is C17H25NO. The number of likely N-dealkylation sites (tertiary alicyclic amines) is 1. The fraction of sp³-hybridized carbons (Fsp3) is 0.647. The summed E-state index contributed by atoms with van der Waals surface area (Å²) in [6.45, 7) is 4.86. The van der Waals surface area contributed by atoms with Crippen LogP contribution in [0.3, 0.4) is 0 Å². The predicted molar refractivity (Wildman–Crippen MR) is 78.8 cm³/mol. The molecule has 2 heteroatoms. The van der Waals surface area contributed by atoms with Crippen LogP contribution in [0.1, 0.15) is 37.3 Å². The van der Waals surface area contributed by atoms with Gasteiger partial charge >= 0.3 is 0 Å². The van der Waals surface area contributed by atoms with Gasteiger partial charge in [0, 0.05) is 6.04 Å². The minimum Gasteiger partial charge on any atom is -0.496 e. The van der Waals surface area contributed by atoms with Crippen molar-refractivity contribution >= 4 is 0 Å². The van der Waals surface area contributed by atoms with Crippen LogP contribution in [0, 0.1) is 5.92 Å². The molecule has 2 nitrogen and oxygen atoms in total. The molecule has 0 aromatic heterocycles. The molecule has 1 fully saturated rings. The highest BCUT2D eigenvalue weighted by atomic mass is 16.5. The average molecular weight is 259 g/mol. The van der Waals surface area contributed by atoms with Gasteiger partial charge in [-0.2, -0.15) is 0 Å². The molecule has 3 rings (SSSR count). The van der Waals surface area contributed by atoms with E-state index in [1.165, 1.54) is 56.3 Å². The molecule has 1 saturated heterocycles. The fourth-order valence-electron chi connectivity index (χ4n) is 4.02. The highest BCUT2D eigenvalue weighted by Crippen LogP contribution is 2.38. The summed E-state index contributed by atoms with van der Waals surface area (Å²) in [7, 11) is 1.80. The van der Waals surface area contributed by atoms with Crippen molar-refractivity contribution < 1.29 is 4.74 Å². The number of nitrogens with zero attached hydrogens (tertiary/aromatic N) is 1. The molecule has 2 aliphatic rings. The van der Waals surface area contributed by atoms with E-state index in [1.54, 1.807) is 7.11 Å². The normalized spacial score (nSPS) is 26.6. The Morgan fingerprint density at radius 1 is 1.32 bits per heavy atom. The van der Waals surface area contributed by atoms with Gasteiger partial charge in [0.15, 0.2) is 0 Å². The van der Waals surface area contributed by atoms with Gasteiger partial charge in [-0.1, -0.05) is 19.1 Å². The quantitative estimate of drug-likeness (QED) is 0.826. The molecule has 0 N–H and O–H groups in total. The summed E-state index contributed by atoms with van der Waals surface area (Å²) in [4.78, 5) is 2.73. The Labute approximate surface area is 116 Å². The monoisotopic (exact) mass is 259 g/mol. The topological polar surface area (TPSA) is 12.5 Å². The van der Waals surface area contributed by atoms with Crippen molar-refractivity contribution in [1.82, 2.24) is 4.90 Å². The van der Waals surface area contributed by atoms with E-state index in [2.05, 4.69) is 30.0 Å². The molecule has 0 unspecified atom stereocenters. The molecule has 1 aliphatic heterocycles. The first-order valence-electron chi connectivity index (χ1n) is 7.72. The zero-order valence-corrected chi connectivity index (χ0v) is 12.2. The Kier molecular flexibility index (Phi) is 3.79. The van der Waals surface area contributed by atoms with E-state index < -0.39 is 0 Å². The highest BCUT2D eigenvalue weighted by molar-refractivity contribution is 5.43. The van der Waals surface area contributed by atoms with E-state index >= 15 is 0 Å². The molecule has 1 aliphatic carbocycles. The van der Waals surface area contributed by atoms with Crippen LogP contribution in [0.2, 0.25) is 0 Å². The third-order valence-electron chi connectivity index (χ3n) is 4.89. The van der Waals surface area contributed by atoms with E-state index in [4.69, 9.17) is 4.74 Å². The van der Waals surface area contributed by atoms with E-state index in [1.807, 2.05) is 0 Å². The SMILES string of the molecule is CCCN1CCC[C@H]2Cc3c(cccc3OC)C[C@@H]21. The highest BCUT2D eigenvalue weighted by Gasteiger charge is 2.35. The Hall–Kier alpha value is -1.02. The second kappa shape index (κ2) is 5.54. The smallest absolute Gasteiger partial charge is 0.122 e. The first kappa shape index (κ1) is 13.0. The van der Waals surface area contributed by atoms with Crippen LogP contribution in [0.15, 0.2) is 18.2 Å². The molecule has 2 atom stereocenters. The minimum absolute atomic E-state index is 0.772. The van der Waals surface area contributed by atoms with Crippen LogP contribution in [0.5, 0.6) is 5.75 Å². The van der Waals surface area contributed by atoms with Crippen molar-refractivity contribution in [2.24, 2.45) is 5.92 Å². The first-order chi connectivity index (χ1) is 9.33. The zero-order valence-electron chi connectivity index (χ0n) is 12.2. The molecule has 0 radical (unpaired) electrons. The van der Waals surface area contributed by atoms with Crippen molar-refractivity contribution in [1.29, 1.82) is 0 Å². The zero-order chi connectivity index (χ0) is 13.2. The van der Waals surface area contributed by atoms with E-state index in [0.717, 1.165) is 17.7 Å². The number of rotatable bonds is 3. The molecule has 1 aromatic carbocycles. The molecule has 0 bridgehead atoms. The fourth-order valence-corrected chi connectivity index (χ4v) is 4.02. The summed E-state index contributed by atoms with van der Waals surface area (Å²) in [6, 6.07) is 7.33. The standard InChI is InChI=1S/C17H25NO/c1-3-9-18-10-5-7-14-11-15-13(12-16(14)18)6-4-8-17(15)19-2/h4,6,8,14,16H,3,5,7,9-12H2,1-2H3/t14-,16-/m0/s1. The molecule has 1 aromatic rings. The van der Waals surface area contributed by atoms with E-state index in [-0.39, 0.29) is 0 Å². The van der Waals surface area contributed by atoms with Crippen LogP contribution in [-0.2, 0) is 12.8 Å². The lowest BCUT2D eigenvalue weighted by atomic mass is 9.75. The van der Waals surface area contributed by atoms with Gasteiger partial charge in [-0.25, -0.2) is 0 Å². The van der Waals surface area contributed by atoms with Crippen molar-refractivity contribution in [2.45, 2.75) is 45.1 Å². The third-order valence-corrected chi connectivity index (χ3v) is 4.89. The van der Waals surface area contributed by atoms with Crippen molar-refractivity contribution in [3.05, 3.63) is 29.3 Å². The maximum atomic E-state index is 5.55. The summed E-state index contributed by atoms with van der Waals surface area (Å²) < 4.78 is 5.55. The maximum Gasteiger partial charge on any atom is 0.122 e. The van der Waals surface area contributed by atoms with Gasteiger partial charge in [-0.05, 0) is 68.3 Å². The van der Waals surface area contributed by atoms with Gasteiger partial charge in [0.1, 0.15) is 5.75 Å². The lowest BCUT2D eigenvalue weighted by Gasteiger charge is -2.45. The van der Waals surface area contributed by atoms with Gasteiger partial charge in [0.25, 0.3) is 0 Å². The number of ether oxygens (including phenoxy) is 1. The molecular weight excluding hydrogens is 234 g/mol. The summed E-state index contributed by atoms with van der Waals surface area (Å²) in [5, 5.41) is 0. The summed E-state index contributed by atoms with van der Waals surface area (Å²) in [5.41, 5.74) is 2.99. The molecule has 1 heterocycles. The van der Waals surface area contributed by atoms with Crippen molar-refractivity contribution in [3.63, 3.8) is 0 Å². The van der Waals surface area contributed by atoms with Gasteiger partial charge in [0.2, 0.25) is 0 Å². The Morgan fingerprint density at radius 2 is 2.21 bits per heavy atom. The number of benzene rings is 1. The average Bonchev–Trinajstić information content (AvgIpc) is 2.45. The minimum atomic E-state index is 0.772. The first-order valence-corrected chi connectivity index (χ1v) is 7.72.